The second-order valence-corrected chi connectivity index (χ2v) is 6.30. The van der Waals surface area contributed by atoms with Crippen LogP contribution >= 0.6 is 0 Å². The lowest BCUT2D eigenvalue weighted by Crippen LogP contribution is -2.24. The van der Waals surface area contributed by atoms with Crippen LogP contribution < -0.4 is 10.6 Å². The standard InChI is InChI=1S/C18H15F3N4O/c19-10-1-2-15(21)13(5-10)16-6-11(20)9-24(16)12-3-4-25-17(7-12)14(8-23-25)18(22)26/h1-5,7-8,11,16H,6,9H2,(H2,22,26)/t11?,16-/m1/s1. The summed E-state index contributed by atoms with van der Waals surface area (Å²) in [5.74, 6) is -1.79. The SMILES string of the molecule is NC(=O)c1cnn2ccc(N3CC(F)C[C@@H]3c3cc(F)ccc3F)cc12. The Morgan fingerprint density at radius 2 is 2.04 bits per heavy atom. The average molecular weight is 360 g/mol. The zero-order valence-electron chi connectivity index (χ0n) is 13.6. The highest BCUT2D eigenvalue weighted by molar-refractivity contribution is 5.99. The van der Waals surface area contributed by atoms with E-state index in [1.165, 1.54) is 10.7 Å². The van der Waals surface area contributed by atoms with E-state index in [9.17, 15) is 18.0 Å². The van der Waals surface area contributed by atoms with Crippen molar-refractivity contribution in [3.8, 4) is 0 Å². The van der Waals surface area contributed by atoms with E-state index in [1.54, 1.807) is 23.2 Å². The number of carbonyl (C=O) groups is 1. The average Bonchev–Trinajstić information content (AvgIpc) is 3.19. The number of anilines is 1. The second-order valence-electron chi connectivity index (χ2n) is 6.30. The van der Waals surface area contributed by atoms with Gasteiger partial charge < -0.3 is 10.6 Å². The van der Waals surface area contributed by atoms with Crippen LogP contribution in [0.25, 0.3) is 5.52 Å². The number of aromatic nitrogens is 2. The van der Waals surface area contributed by atoms with Crippen molar-refractivity contribution in [3.05, 3.63) is 65.5 Å². The van der Waals surface area contributed by atoms with Gasteiger partial charge in [0.1, 0.15) is 17.8 Å². The Morgan fingerprint density at radius 1 is 1.23 bits per heavy atom. The maximum Gasteiger partial charge on any atom is 0.252 e. The molecule has 134 valence electrons. The lowest BCUT2D eigenvalue weighted by molar-refractivity contribution is 0.100. The molecule has 1 saturated heterocycles. The molecule has 3 heterocycles. The maximum absolute atomic E-state index is 14.2. The van der Waals surface area contributed by atoms with Crippen LogP contribution in [-0.2, 0) is 0 Å². The van der Waals surface area contributed by atoms with Crippen LogP contribution in [0.1, 0.15) is 28.4 Å². The van der Waals surface area contributed by atoms with Gasteiger partial charge in [-0.05, 0) is 30.3 Å². The molecule has 2 aromatic heterocycles. The molecule has 1 unspecified atom stereocenters. The number of primary amides is 1. The quantitative estimate of drug-likeness (QED) is 0.781. The largest absolute Gasteiger partial charge is 0.365 e. The van der Waals surface area contributed by atoms with Gasteiger partial charge in [0.2, 0.25) is 0 Å². The predicted molar refractivity (Wildman–Crippen MR) is 89.7 cm³/mol. The molecule has 8 heteroatoms. The van der Waals surface area contributed by atoms with E-state index < -0.39 is 29.8 Å². The Morgan fingerprint density at radius 3 is 2.81 bits per heavy atom. The van der Waals surface area contributed by atoms with Crippen LogP contribution in [-0.4, -0.2) is 28.2 Å². The lowest BCUT2D eigenvalue weighted by atomic mass is 10.0. The van der Waals surface area contributed by atoms with E-state index in [0.717, 1.165) is 18.2 Å². The molecule has 2 atom stereocenters. The molecule has 0 spiro atoms. The molecular formula is C18H15F3N4O. The summed E-state index contributed by atoms with van der Waals surface area (Å²) in [6, 6.07) is 5.85. The van der Waals surface area contributed by atoms with E-state index in [4.69, 9.17) is 5.73 Å². The third kappa shape index (κ3) is 2.67. The second kappa shape index (κ2) is 6.05. The van der Waals surface area contributed by atoms with Gasteiger partial charge in [-0.3, -0.25) is 4.79 Å². The van der Waals surface area contributed by atoms with E-state index >= 15 is 0 Å². The van der Waals surface area contributed by atoms with Gasteiger partial charge in [-0.15, -0.1) is 0 Å². The minimum atomic E-state index is -1.18. The smallest absolute Gasteiger partial charge is 0.252 e. The molecule has 2 N–H and O–H groups in total. The molecule has 1 amide bonds. The van der Waals surface area contributed by atoms with E-state index in [2.05, 4.69) is 5.10 Å². The summed E-state index contributed by atoms with van der Waals surface area (Å²) in [5.41, 5.74) is 6.73. The van der Waals surface area contributed by atoms with Gasteiger partial charge in [0.05, 0.1) is 23.3 Å². The number of nitrogens with zero attached hydrogens (tertiary/aromatic N) is 3. The van der Waals surface area contributed by atoms with Crippen LogP contribution in [0.5, 0.6) is 0 Å². The number of rotatable bonds is 3. The van der Waals surface area contributed by atoms with Crippen LogP contribution in [0, 0.1) is 11.6 Å². The van der Waals surface area contributed by atoms with Gasteiger partial charge in [0.15, 0.2) is 0 Å². The van der Waals surface area contributed by atoms with Gasteiger partial charge in [-0.25, -0.2) is 17.7 Å². The number of nitrogens with two attached hydrogens (primary N) is 1. The molecule has 0 saturated carbocycles. The highest BCUT2D eigenvalue weighted by atomic mass is 19.1. The first-order valence-electron chi connectivity index (χ1n) is 8.07. The van der Waals surface area contributed by atoms with Crippen LogP contribution in [0.2, 0.25) is 0 Å². The molecule has 0 radical (unpaired) electrons. The maximum atomic E-state index is 14.2. The van der Waals surface area contributed by atoms with Crippen molar-refractivity contribution in [1.29, 1.82) is 0 Å². The van der Waals surface area contributed by atoms with Crippen molar-refractivity contribution in [2.75, 3.05) is 11.4 Å². The molecule has 0 aliphatic carbocycles. The lowest BCUT2D eigenvalue weighted by Gasteiger charge is -2.27. The first-order chi connectivity index (χ1) is 12.4. The molecule has 1 fully saturated rings. The zero-order valence-corrected chi connectivity index (χ0v) is 13.6. The normalized spacial score (nSPS) is 20.0. The highest BCUT2D eigenvalue weighted by Crippen LogP contribution is 2.39. The Labute approximate surface area is 146 Å². The summed E-state index contributed by atoms with van der Waals surface area (Å²) in [4.78, 5) is 13.2. The number of pyridine rings is 1. The summed E-state index contributed by atoms with van der Waals surface area (Å²) >= 11 is 0. The van der Waals surface area contributed by atoms with E-state index in [1.807, 2.05) is 0 Å². The molecule has 1 aliphatic rings. The van der Waals surface area contributed by atoms with Gasteiger partial charge in [0.25, 0.3) is 5.91 Å². The minimum absolute atomic E-state index is 0.0385. The molecule has 26 heavy (non-hydrogen) atoms. The van der Waals surface area contributed by atoms with Crippen molar-refractivity contribution in [2.24, 2.45) is 5.73 Å². The molecular weight excluding hydrogens is 345 g/mol. The molecule has 1 aliphatic heterocycles. The van der Waals surface area contributed by atoms with Crippen molar-refractivity contribution in [3.63, 3.8) is 0 Å². The predicted octanol–water partition coefficient (Wildman–Crippen LogP) is 3.00. The number of benzene rings is 1. The van der Waals surface area contributed by atoms with Gasteiger partial charge in [0, 0.05) is 30.4 Å². The fourth-order valence-corrected chi connectivity index (χ4v) is 3.47. The number of halogens is 3. The first-order valence-corrected chi connectivity index (χ1v) is 8.07. The van der Waals surface area contributed by atoms with Crippen molar-refractivity contribution in [1.82, 2.24) is 9.61 Å². The number of carbonyl (C=O) groups excluding carboxylic acids is 1. The number of hydrogen-bond acceptors (Lipinski definition) is 3. The third-order valence-electron chi connectivity index (χ3n) is 4.67. The minimum Gasteiger partial charge on any atom is -0.365 e. The summed E-state index contributed by atoms with van der Waals surface area (Å²) in [6.45, 7) is 0.0385. The molecule has 4 rings (SSSR count). The van der Waals surface area contributed by atoms with E-state index in [-0.39, 0.29) is 24.1 Å². The molecule has 0 bridgehead atoms. The third-order valence-corrected chi connectivity index (χ3v) is 4.67. The number of amides is 1. The van der Waals surface area contributed by atoms with Gasteiger partial charge in [-0.2, -0.15) is 5.10 Å². The van der Waals surface area contributed by atoms with Gasteiger partial charge >= 0.3 is 0 Å². The summed E-state index contributed by atoms with van der Waals surface area (Å²) in [6.07, 6.45) is 1.84. The Kier molecular flexibility index (Phi) is 3.82. The number of alkyl halides is 1. The fourth-order valence-electron chi connectivity index (χ4n) is 3.47. The van der Waals surface area contributed by atoms with Gasteiger partial charge in [-0.1, -0.05) is 0 Å². The summed E-state index contributed by atoms with van der Waals surface area (Å²) in [7, 11) is 0. The van der Waals surface area contributed by atoms with Crippen LogP contribution in [0.15, 0.2) is 42.7 Å². The van der Waals surface area contributed by atoms with Crippen LogP contribution in [0.4, 0.5) is 18.9 Å². The molecule has 5 nitrogen and oxygen atoms in total. The first kappa shape index (κ1) is 16.4. The van der Waals surface area contributed by atoms with Crippen LogP contribution in [0.3, 0.4) is 0 Å². The number of fused-ring (bicyclic) bond motifs is 1. The summed E-state index contributed by atoms with van der Waals surface area (Å²) < 4.78 is 43.4. The fraction of sp³-hybridized carbons (Fsp3) is 0.222. The Hall–Kier alpha value is -3.03. The highest BCUT2D eigenvalue weighted by Gasteiger charge is 2.35. The van der Waals surface area contributed by atoms with Crippen molar-refractivity contribution in [2.45, 2.75) is 18.6 Å². The summed E-state index contributed by atoms with van der Waals surface area (Å²) in [5, 5.41) is 4.04. The number of hydrogen-bond donors (Lipinski definition) is 1. The molecule has 1 aromatic carbocycles. The monoisotopic (exact) mass is 360 g/mol. The Bertz CT molecular complexity index is 1000. The zero-order chi connectivity index (χ0) is 18.4. The Balaban J connectivity index is 1.80. The van der Waals surface area contributed by atoms with E-state index in [0.29, 0.717) is 11.2 Å². The molecule has 3 aromatic rings. The van der Waals surface area contributed by atoms with Crippen molar-refractivity contribution < 1.29 is 18.0 Å². The topological polar surface area (TPSA) is 63.6 Å². The van der Waals surface area contributed by atoms with Crippen molar-refractivity contribution >= 4 is 17.1 Å².